The largest absolute Gasteiger partial charge is 0.367 e. The minimum Gasteiger partial charge on any atom is -0.367 e. The van der Waals surface area contributed by atoms with Crippen LogP contribution in [0.15, 0.2) is 29.0 Å². The zero-order valence-corrected chi connectivity index (χ0v) is 6.45. The maximum absolute atomic E-state index is 5.39. The second-order valence-electron chi connectivity index (χ2n) is 2.49. The fourth-order valence-electron chi connectivity index (χ4n) is 1.02. The summed E-state index contributed by atoms with van der Waals surface area (Å²) in [6.45, 7) is 0.411. The summed E-state index contributed by atoms with van der Waals surface area (Å²) in [5.74, 6) is 0.747. The van der Waals surface area contributed by atoms with E-state index in [-0.39, 0.29) is 0 Å². The lowest BCUT2D eigenvalue weighted by Crippen LogP contribution is -1.94. The van der Waals surface area contributed by atoms with Gasteiger partial charge in [-0.15, -0.1) is 0 Å². The second kappa shape index (κ2) is 2.83. The smallest absolute Gasteiger partial charge is 0.168 e. The van der Waals surface area contributed by atoms with Gasteiger partial charge in [0.1, 0.15) is 0 Å². The standard InChI is InChI=1S/C8H9N3O/c9-4-7-3-8(12-11-7)6-1-2-10-5-6/h1-3,5,10H,4,9H2. The van der Waals surface area contributed by atoms with Crippen molar-refractivity contribution >= 4 is 0 Å². The first kappa shape index (κ1) is 7.12. The zero-order valence-electron chi connectivity index (χ0n) is 6.45. The summed E-state index contributed by atoms with van der Waals surface area (Å²) >= 11 is 0. The lowest BCUT2D eigenvalue weighted by atomic mass is 10.2. The van der Waals surface area contributed by atoms with Crippen LogP contribution in [0.1, 0.15) is 5.69 Å². The van der Waals surface area contributed by atoms with Gasteiger partial charge in [-0.05, 0) is 6.07 Å². The summed E-state index contributed by atoms with van der Waals surface area (Å²) in [7, 11) is 0. The second-order valence-corrected chi connectivity index (χ2v) is 2.49. The van der Waals surface area contributed by atoms with Crippen LogP contribution in [0.5, 0.6) is 0 Å². The summed E-state index contributed by atoms with van der Waals surface area (Å²) in [5, 5.41) is 3.78. The molecule has 0 atom stereocenters. The average Bonchev–Trinajstić information content (AvgIpc) is 2.75. The van der Waals surface area contributed by atoms with Crippen molar-refractivity contribution in [1.82, 2.24) is 10.1 Å². The van der Waals surface area contributed by atoms with Gasteiger partial charge in [0.05, 0.1) is 5.69 Å². The number of H-pyrrole nitrogens is 1. The van der Waals surface area contributed by atoms with Gasteiger partial charge < -0.3 is 15.2 Å². The molecule has 2 aromatic heterocycles. The van der Waals surface area contributed by atoms with Crippen LogP contribution < -0.4 is 5.73 Å². The number of hydrogen-bond acceptors (Lipinski definition) is 3. The predicted molar refractivity (Wildman–Crippen MR) is 44.2 cm³/mol. The summed E-state index contributed by atoms with van der Waals surface area (Å²) in [6, 6.07) is 3.75. The summed E-state index contributed by atoms with van der Waals surface area (Å²) in [5.41, 5.74) is 7.14. The van der Waals surface area contributed by atoms with E-state index < -0.39 is 0 Å². The van der Waals surface area contributed by atoms with E-state index in [2.05, 4.69) is 10.1 Å². The maximum Gasteiger partial charge on any atom is 0.168 e. The van der Waals surface area contributed by atoms with Crippen LogP contribution in [-0.4, -0.2) is 10.1 Å². The van der Waals surface area contributed by atoms with Crippen LogP contribution in [0.25, 0.3) is 11.3 Å². The van der Waals surface area contributed by atoms with Crippen molar-refractivity contribution < 1.29 is 4.52 Å². The molecule has 0 amide bonds. The summed E-state index contributed by atoms with van der Waals surface area (Å²) < 4.78 is 5.05. The molecule has 0 saturated heterocycles. The van der Waals surface area contributed by atoms with Crippen LogP contribution in [0.4, 0.5) is 0 Å². The molecule has 4 heteroatoms. The monoisotopic (exact) mass is 163 g/mol. The predicted octanol–water partition coefficient (Wildman–Crippen LogP) is 1.13. The Balaban J connectivity index is 2.35. The van der Waals surface area contributed by atoms with Crippen LogP contribution in [-0.2, 0) is 6.54 Å². The normalized spacial score (nSPS) is 10.4. The zero-order chi connectivity index (χ0) is 8.39. The Kier molecular flexibility index (Phi) is 1.68. The minimum absolute atomic E-state index is 0.411. The van der Waals surface area contributed by atoms with E-state index in [1.54, 1.807) is 0 Å². The number of nitrogens with zero attached hydrogens (tertiary/aromatic N) is 1. The number of aromatic nitrogens is 2. The molecule has 0 spiro atoms. The Labute approximate surface area is 69.4 Å². The SMILES string of the molecule is NCc1cc(-c2cc[nH]c2)on1. The van der Waals surface area contributed by atoms with Crippen molar-refractivity contribution in [2.45, 2.75) is 6.54 Å². The molecule has 0 radical (unpaired) electrons. The first-order valence-electron chi connectivity index (χ1n) is 3.69. The van der Waals surface area contributed by atoms with Gasteiger partial charge in [0.25, 0.3) is 0 Å². The number of rotatable bonds is 2. The number of aromatic amines is 1. The number of hydrogen-bond donors (Lipinski definition) is 2. The lowest BCUT2D eigenvalue weighted by molar-refractivity contribution is 0.424. The van der Waals surface area contributed by atoms with Crippen molar-refractivity contribution in [1.29, 1.82) is 0 Å². The highest BCUT2D eigenvalue weighted by molar-refractivity contribution is 5.55. The maximum atomic E-state index is 5.39. The number of nitrogens with two attached hydrogens (primary N) is 1. The van der Waals surface area contributed by atoms with Crippen LogP contribution in [0, 0.1) is 0 Å². The van der Waals surface area contributed by atoms with E-state index in [0.717, 1.165) is 17.0 Å². The summed E-state index contributed by atoms with van der Waals surface area (Å²) in [4.78, 5) is 2.94. The molecule has 12 heavy (non-hydrogen) atoms. The molecular formula is C8H9N3O. The highest BCUT2D eigenvalue weighted by atomic mass is 16.5. The van der Waals surface area contributed by atoms with E-state index in [1.165, 1.54) is 0 Å². The summed E-state index contributed by atoms with van der Waals surface area (Å²) in [6.07, 6.45) is 3.68. The van der Waals surface area contributed by atoms with Gasteiger partial charge in [-0.1, -0.05) is 5.16 Å². The molecule has 0 aliphatic heterocycles. The Morgan fingerprint density at radius 1 is 1.58 bits per heavy atom. The van der Waals surface area contributed by atoms with Crippen LogP contribution in [0.3, 0.4) is 0 Å². The third-order valence-corrected chi connectivity index (χ3v) is 1.65. The molecule has 2 heterocycles. The van der Waals surface area contributed by atoms with Crippen LogP contribution in [0.2, 0.25) is 0 Å². The molecule has 0 aliphatic carbocycles. The Morgan fingerprint density at radius 3 is 3.08 bits per heavy atom. The van der Waals surface area contributed by atoms with Crippen molar-refractivity contribution in [2.75, 3.05) is 0 Å². The van der Waals surface area contributed by atoms with E-state index in [0.29, 0.717) is 6.54 Å². The Morgan fingerprint density at radius 2 is 2.50 bits per heavy atom. The molecule has 0 unspecified atom stereocenters. The fourth-order valence-corrected chi connectivity index (χ4v) is 1.02. The van der Waals surface area contributed by atoms with Crippen molar-refractivity contribution in [3.05, 3.63) is 30.2 Å². The molecule has 0 aliphatic rings. The van der Waals surface area contributed by atoms with Crippen molar-refractivity contribution in [2.24, 2.45) is 5.73 Å². The van der Waals surface area contributed by atoms with E-state index in [9.17, 15) is 0 Å². The molecule has 4 nitrogen and oxygen atoms in total. The first-order valence-corrected chi connectivity index (χ1v) is 3.69. The molecule has 0 aromatic carbocycles. The molecule has 0 saturated carbocycles. The third kappa shape index (κ3) is 1.12. The van der Waals surface area contributed by atoms with E-state index in [1.807, 2.05) is 24.5 Å². The van der Waals surface area contributed by atoms with E-state index >= 15 is 0 Å². The van der Waals surface area contributed by atoms with Gasteiger partial charge in [-0.2, -0.15) is 0 Å². The minimum atomic E-state index is 0.411. The first-order chi connectivity index (χ1) is 5.90. The highest BCUT2D eigenvalue weighted by Gasteiger charge is 2.04. The molecule has 2 rings (SSSR count). The molecule has 2 aromatic rings. The van der Waals surface area contributed by atoms with Gasteiger partial charge in [0.2, 0.25) is 0 Å². The van der Waals surface area contributed by atoms with E-state index in [4.69, 9.17) is 10.3 Å². The fraction of sp³-hybridized carbons (Fsp3) is 0.125. The van der Waals surface area contributed by atoms with Crippen molar-refractivity contribution in [3.63, 3.8) is 0 Å². The molecule has 62 valence electrons. The quantitative estimate of drug-likeness (QED) is 0.697. The molecular weight excluding hydrogens is 154 g/mol. The number of nitrogens with one attached hydrogen (secondary N) is 1. The van der Waals surface area contributed by atoms with Gasteiger partial charge in [-0.25, -0.2) is 0 Å². The van der Waals surface area contributed by atoms with Gasteiger partial charge in [0, 0.05) is 30.6 Å². The van der Waals surface area contributed by atoms with Gasteiger partial charge in [0.15, 0.2) is 5.76 Å². The average molecular weight is 163 g/mol. The highest BCUT2D eigenvalue weighted by Crippen LogP contribution is 2.18. The van der Waals surface area contributed by atoms with Crippen molar-refractivity contribution in [3.8, 4) is 11.3 Å². The third-order valence-electron chi connectivity index (χ3n) is 1.65. The molecule has 0 bridgehead atoms. The topological polar surface area (TPSA) is 67.8 Å². The Bertz CT molecular complexity index is 350. The lowest BCUT2D eigenvalue weighted by Gasteiger charge is -1.83. The van der Waals surface area contributed by atoms with Gasteiger partial charge >= 0.3 is 0 Å². The van der Waals surface area contributed by atoms with Gasteiger partial charge in [-0.3, -0.25) is 0 Å². The molecule has 0 fully saturated rings. The Hall–Kier alpha value is -1.55. The molecule has 3 N–H and O–H groups in total. The van der Waals surface area contributed by atoms with Crippen LogP contribution >= 0.6 is 0 Å².